The van der Waals surface area contributed by atoms with Crippen LogP contribution >= 0.6 is 0 Å². The van der Waals surface area contributed by atoms with E-state index in [0.717, 1.165) is 33.7 Å². The Bertz CT molecular complexity index is 1110. The predicted molar refractivity (Wildman–Crippen MR) is 111 cm³/mol. The van der Waals surface area contributed by atoms with E-state index in [1.54, 1.807) is 6.08 Å². The standard InChI is InChI=1S/C24H21NO3/c1-17-23(16-27-22-12-8-18(9-13-22)5-4-14-26)25-24(28-17)21-11-10-19-6-2-3-7-20(19)15-21/h2-13,15,26H,14,16H2,1H3/b5-4+. The maximum absolute atomic E-state index is 8.83. The molecule has 0 unspecified atom stereocenters. The molecule has 0 saturated heterocycles. The van der Waals surface area contributed by atoms with Crippen LogP contribution in [0.4, 0.5) is 0 Å². The van der Waals surface area contributed by atoms with Crippen molar-refractivity contribution in [3.05, 3.63) is 89.8 Å². The molecule has 0 aliphatic rings. The van der Waals surface area contributed by atoms with E-state index in [0.29, 0.717) is 12.5 Å². The number of rotatable bonds is 6. The van der Waals surface area contributed by atoms with Crippen molar-refractivity contribution in [2.45, 2.75) is 13.5 Å². The van der Waals surface area contributed by atoms with Gasteiger partial charge in [0, 0.05) is 5.56 Å². The van der Waals surface area contributed by atoms with Gasteiger partial charge in [0.2, 0.25) is 5.89 Å². The molecule has 0 atom stereocenters. The van der Waals surface area contributed by atoms with Gasteiger partial charge >= 0.3 is 0 Å². The molecule has 4 heteroatoms. The Morgan fingerprint density at radius 1 is 1.00 bits per heavy atom. The Kier molecular flexibility index (Phi) is 5.22. The van der Waals surface area contributed by atoms with E-state index in [1.807, 2.05) is 55.5 Å². The predicted octanol–water partition coefficient (Wildman–Crippen LogP) is 5.39. The van der Waals surface area contributed by atoms with Crippen molar-refractivity contribution in [3.63, 3.8) is 0 Å². The van der Waals surface area contributed by atoms with Gasteiger partial charge < -0.3 is 14.3 Å². The quantitative estimate of drug-likeness (QED) is 0.494. The highest BCUT2D eigenvalue weighted by atomic mass is 16.5. The largest absolute Gasteiger partial charge is 0.487 e. The molecule has 3 aromatic carbocycles. The zero-order valence-electron chi connectivity index (χ0n) is 15.6. The van der Waals surface area contributed by atoms with Crippen molar-refractivity contribution in [2.75, 3.05) is 6.61 Å². The molecule has 1 N–H and O–H groups in total. The molecule has 0 bridgehead atoms. The number of nitrogens with zero attached hydrogens (tertiary/aromatic N) is 1. The molecule has 0 saturated carbocycles. The van der Waals surface area contributed by atoms with Crippen molar-refractivity contribution in [1.82, 2.24) is 4.98 Å². The van der Waals surface area contributed by atoms with E-state index in [2.05, 4.69) is 29.2 Å². The Labute approximate surface area is 163 Å². The van der Waals surface area contributed by atoms with E-state index in [1.165, 1.54) is 5.39 Å². The van der Waals surface area contributed by atoms with Gasteiger partial charge in [-0.1, -0.05) is 54.6 Å². The lowest BCUT2D eigenvalue weighted by Gasteiger charge is -2.04. The molecule has 140 valence electrons. The number of aryl methyl sites for hydroxylation is 1. The number of fused-ring (bicyclic) bond motifs is 1. The fourth-order valence-corrected chi connectivity index (χ4v) is 3.02. The van der Waals surface area contributed by atoms with Crippen LogP contribution in [0.15, 0.2) is 77.2 Å². The monoisotopic (exact) mass is 371 g/mol. The zero-order chi connectivity index (χ0) is 19.3. The number of oxazole rings is 1. The van der Waals surface area contributed by atoms with Gasteiger partial charge in [-0.2, -0.15) is 0 Å². The first-order valence-corrected chi connectivity index (χ1v) is 9.19. The van der Waals surface area contributed by atoms with Gasteiger partial charge in [0.15, 0.2) is 0 Å². The average molecular weight is 371 g/mol. The van der Waals surface area contributed by atoms with E-state index in [9.17, 15) is 0 Å². The molecule has 4 rings (SSSR count). The second kappa shape index (κ2) is 8.11. The van der Waals surface area contributed by atoms with Crippen molar-refractivity contribution < 1.29 is 14.3 Å². The van der Waals surface area contributed by atoms with Crippen LogP contribution in [0.3, 0.4) is 0 Å². The molecule has 0 aliphatic heterocycles. The van der Waals surface area contributed by atoms with Gasteiger partial charge in [-0.05, 0) is 47.5 Å². The number of ether oxygens (including phenoxy) is 1. The Balaban J connectivity index is 1.49. The normalized spacial score (nSPS) is 11.4. The highest BCUT2D eigenvalue weighted by Crippen LogP contribution is 2.26. The first-order chi connectivity index (χ1) is 13.7. The molecule has 0 spiro atoms. The molecule has 0 amide bonds. The lowest BCUT2D eigenvalue weighted by molar-refractivity contribution is 0.299. The number of aliphatic hydroxyl groups is 1. The van der Waals surface area contributed by atoms with Crippen LogP contribution < -0.4 is 4.74 Å². The SMILES string of the molecule is Cc1oc(-c2ccc3ccccc3c2)nc1COc1ccc(/C=C/CO)cc1. The highest BCUT2D eigenvalue weighted by molar-refractivity contribution is 5.86. The fourth-order valence-electron chi connectivity index (χ4n) is 3.02. The summed E-state index contributed by atoms with van der Waals surface area (Å²) in [5.74, 6) is 2.12. The number of aliphatic hydroxyl groups excluding tert-OH is 1. The molecule has 4 aromatic rings. The summed E-state index contributed by atoms with van der Waals surface area (Å²) in [7, 11) is 0. The zero-order valence-corrected chi connectivity index (χ0v) is 15.6. The molecule has 1 heterocycles. The topological polar surface area (TPSA) is 55.5 Å². The third-order valence-corrected chi connectivity index (χ3v) is 4.56. The summed E-state index contributed by atoms with van der Waals surface area (Å²) in [6.45, 7) is 2.27. The van der Waals surface area contributed by atoms with E-state index in [4.69, 9.17) is 14.3 Å². The second-order valence-electron chi connectivity index (χ2n) is 6.53. The molecule has 4 nitrogen and oxygen atoms in total. The molecule has 0 radical (unpaired) electrons. The van der Waals surface area contributed by atoms with Crippen molar-refractivity contribution in [3.8, 4) is 17.2 Å². The Hall–Kier alpha value is -3.37. The Morgan fingerprint density at radius 2 is 1.79 bits per heavy atom. The maximum Gasteiger partial charge on any atom is 0.226 e. The number of hydrogen-bond donors (Lipinski definition) is 1. The van der Waals surface area contributed by atoms with Gasteiger partial charge in [0.25, 0.3) is 0 Å². The maximum atomic E-state index is 8.83. The average Bonchev–Trinajstić information content (AvgIpc) is 3.11. The van der Waals surface area contributed by atoms with Crippen LogP contribution in [-0.4, -0.2) is 16.7 Å². The van der Waals surface area contributed by atoms with Crippen LogP contribution in [0.5, 0.6) is 5.75 Å². The summed E-state index contributed by atoms with van der Waals surface area (Å²) in [5.41, 5.74) is 2.75. The number of hydrogen-bond acceptors (Lipinski definition) is 4. The minimum atomic E-state index is 0.0310. The lowest BCUT2D eigenvalue weighted by atomic mass is 10.1. The third-order valence-electron chi connectivity index (χ3n) is 4.56. The molecule has 0 aliphatic carbocycles. The Morgan fingerprint density at radius 3 is 2.57 bits per heavy atom. The van der Waals surface area contributed by atoms with Crippen LogP contribution in [0.2, 0.25) is 0 Å². The summed E-state index contributed by atoms with van der Waals surface area (Å²) in [6.07, 6.45) is 3.56. The molecule has 28 heavy (non-hydrogen) atoms. The van der Waals surface area contributed by atoms with Gasteiger partial charge in [-0.25, -0.2) is 4.98 Å². The van der Waals surface area contributed by atoms with Gasteiger partial charge in [0.05, 0.1) is 6.61 Å². The summed E-state index contributed by atoms with van der Waals surface area (Å²) in [6, 6.07) is 22.1. The van der Waals surface area contributed by atoms with Crippen molar-refractivity contribution >= 4 is 16.8 Å². The first kappa shape index (κ1) is 18.0. The lowest BCUT2D eigenvalue weighted by Crippen LogP contribution is -1.97. The first-order valence-electron chi connectivity index (χ1n) is 9.19. The third kappa shape index (κ3) is 3.97. The second-order valence-corrected chi connectivity index (χ2v) is 6.53. The minimum Gasteiger partial charge on any atom is -0.487 e. The molecular formula is C24H21NO3. The number of benzene rings is 3. The highest BCUT2D eigenvalue weighted by Gasteiger charge is 2.12. The summed E-state index contributed by atoms with van der Waals surface area (Å²) in [5, 5.41) is 11.2. The van der Waals surface area contributed by atoms with E-state index >= 15 is 0 Å². The number of aromatic nitrogens is 1. The summed E-state index contributed by atoms with van der Waals surface area (Å²) >= 11 is 0. The summed E-state index contributed by atoms with van der Waals surface area (Å²) in [4.78, 5) is 4.63. The molecular weight excluding hydrogens is 350 g/mol. The van der Waals surface area contributed by atoms with Crippen LogP contribution in [-0.2, 0) is 6.61 Å². The molecule has 0 fully saturated rings. The van der Waals surface area contributed by atoms with Gasteiger partial charge in [-0.15, -0.1) is 0 Å². The van der Waals surface area contributed by atoms with Crippen LogP contribution in [0.1, 0.15) is 17.0 Å². The fraction of sp³-hybridized carbons (Fsp3) is 0.125. The van der Waals surface area contributed by atoms with Crippen LogP contribution in [0.25, 0.3) is 28.3 Å². The van der Waals surface area contributed by atoms with Gasteiger partial charge in [0.1, 0.15) is 23.8 Å². The van der Waals surface area contributed by atoms with Crippen LogP contribution in [0, 0.1) is 6.92 Å². The van der Waals surface area contributed by atoms with Crippen molar-refractivity contribution in [2.24, 2.45) is 0 Å². The van der Waals surface area contributed by atoms with Gasteiger partial charge in [-0.3, -0.25) is 0 Å². The smallest absolute Gasteiger partial charge is 0.226 e. The molecule has 1 aromatic heterocycles. The van der Waals surface area contributed by atoms with E-state index < -0.39 is 0 Å². The van der Waals surface area contributed by atoms with Crippen molar-refractivity contribution in [1.29, 1.82) is 0 Å². The minimum absolute atomic E-state index is 0.0310. The summed E-state index contributed by atoms with van der Waals surface area (Å²) < 4.78 is 11.7. The van der Waals surface area contributed by atoms with E-state index in [-0.39, 0.29) is 6.61 Å².